The molecule has 0 bridgehead atoms. The molecule has 0 aliphatic carbocycles. The zero-order valence-corrected chi connectivity index (χ0v) is 11.2. The number of hydrogen-bond acceptors (Lipinski definition) is 3. The molecule has 20 heavy (non-hydrogen) atoms. The highest BCUT2D eigenvalue weighted by Crippen LogP contribution is 2.40. The number of carbonyl (C=O) groups is 1. The summed E-state index contributed by atoms with van der Waals surface area (Å²) in [5.41, 5.74) is -3.09. The highest BCUT2D eigenvalue weighted by molar-refractivity contribution is 5.75. The topological polar surface area (TPSA) is 66.8 Å². The molecule has 0 radical (unpaired) electrons. The lowest BCUT2D eigenvalue weighted by atomic mass is 9.72. The Hall–Kier alpha value is -1.76. The van der Waals surface area contributed by atoms with Crippen molar-refractivity contribution in [3.8, 4) is 5.75 Å². The summed E-state index contributed by atoms with van der Waals surface area (Å²) < 4.78 is 39.8. The van der Waals surface area contributed by atoms with Crippen LogP contribution < -0.4 is 4.74 Å². The number of carboxylic acid groups (broad SMARTS) is 1. The first-order chi connectivity index (χ1) is 8.88. The number of hydrogen-bond donors (Lipinski definition) is 2. The van der Waals surface area contributed by atoms with Crippen LogP contribution in [-0.4, -0.2) is 22.5 Å². The normalized spacial score (nSPS) is 15.6. The van der Waals surface area contributed by atoms with Gasteiger partial charge in [-0.05, 0) is 38.5 Å². The maximum Gasteiger partial charge on any atom is 0.573 e. The summed E-state index contributed by atoms with van der Waals surface area (Å²) in [4.78, 5) is 11.2. The Kier molecular flexibility index (Phi) is 4.05. The second-order valence-corrected chi connectivity index (χ2v) is 5.07. The maximum atomic E-state index is 12.0. The monoisotopic (exact) mass is 292 g/mol. The van der Waals surface area contributed by atoms with Crippen LogP contribution >= 0.6 is 0 Å². The lowest BCUT2D eigenvalue weighted by Crippen LogP contribution is -2.44. The maximum absolute atomic E-state index is 12.0. The first-order valence-electron chi connectivity index (χ1n) is 5.70. The Morgan fingerprint density at radius 1 is 1.10 bits per heavy atom. The predicted octanol–water partition coefficient (Wildman–Crippen LogP) is 2.90. The molecule has 1 rings (SSSR count). The van der Waals surface area contributed by atoms with E-state index in [9.17, 15) is 23.1 Å². The molecule has 0 aromatic heterocycles. The lowest BCUT2D eigenvalue weighted by molar-refractivity contribution is -0.274. The van der Waals surface area contributed by atoms with Gasteiger partial charge in [0.25, 0.3) is 0 Å². The number of aliphatic hydroxyl groups is 1. The van der Waals surface area contributed by atoms with Crippen molar-refractivity contribution in [1.82, 2.24) is 0 Å². The van der Waals surface area contributed by atoms with E-state index in [1.807, 2.05) is 0 Å². The summed E-state index contributed by atoms with van der Waals surface area (Å²) >= 11 is 0. The molecule has 1 atom stereocenters. The van der Waals surface area contributed by atoms with Crippen LogP contribution in [0.25, 0.3) is 0 Å². The average molecular weight is 292 g/mol. The number of carboxylic acids is 1. The number of rotatable bonds is 4. The second-order valence-electron chi connectivity index (χ2n) is 5.07. The molecule has 112 valence electrons. The molecule has 0 spiro atoms. The summed E-state index contributed by atoms with van der Waals surface area (Å²) in [6, 6.07) is 4.45. The van der Waals surface area contributed by atoms with Gasteiger partial charge in [-0.15, -0.1) is 13.2 Å². The van der Waals surface area contributed by atoms with Crippen molar-refractivity contribution in [3.63, 3.8) is 0 Å². The number of ether oxygens (including phenoxy) is 1. The van der Waals surface area contributed by atoms with Crippen molar-refractivity contribution in [2.24, 2.45) is 5.41 Å². The van der Waals surface area contributed by atoms with Crippen LogP contribution in [0, 0.1) is 5.41 Å². The fourth-order valence-corrected chi connectivity index (χ4v) is 1.55. The summed E-state index contributed by atoms with van der Waals surface area (Å²) in [5.74, 6) is -1.66. The van der Waals surface area contributed by atoms with Gasteiger partial charge in [-0.1, -0.05) is 12.1 Å². The predicted molar refractivity (Wildman–Crippen MR) is 64.1 cm³/mol. The quantitative estimate of drug-likeness (QED) is 0.895. The average Bonchev–Trinajstić information content (AvgIpc) is 2.27. The Bertz CT molecular complexity index is 489. The van der Waals surface area contributed by atoms with Crippen LogP contribution in [0.15, 0.2) is 24.3 Å². The standard InChI is InChI=1S/C13H15F3O4/c1-11(2,10(17)18)12(3,19)8-4-6-9(7-5-8)20-13(14,15)16/h4-7,19H,1-3H3,(H,17,18). The van der Waals surface area contributed by atoms with Crippen LogP contribution in [0.2, 0.25) is 0 Å². The van der Waals surface area contributed by atoms with Gasteiger partial charge in [-0.3, -0.25) is 4.79 Å². The number of aliphatic carboxylic acids is 1. The highest BCUT2D eigenvalue weighted by Gasteiger charge is 2.46. The van der Waals surface area contributed by atoms with Crippen LogP contribution in [0.3, 0.4) is 0 Å². The SMILES string of the molecule is CC(C)(C(=O)O)C(C)(O)c1ccc(OC(F)(F)F)cc1. The van der Waals surface area contributed by atoms with Gasteiger partial charge in [0.15, 0.2) is 0 Å². The third kappa shape index (κ3) is 3.22. The van der Waals surface area contributed by atoms with E-state index in [4.69, 9.17) is 5.11 Å². The molecule has 7 heteroatoms. The van der Waals surface area contributed by atoms with Crippen molar-refractivity contribution >= 4 is 5.97 Å². The van der Waals surface area contributed by atoms with Gasteiger partial charge in [0.1, 0.15) is 11.4 Å². The molecule has 2 N–H and O–H groups in total. The van der Waals surface area contributed by atoms with Gasteiger partial charge in [0, 0.05) is 0 Å². The molecule has 1 unspecified atom stereocenters. The van der Waals surface area contributed by atoms with Gasteiger partial charge < -0.3 is 14.9 Å². The molecule has 0 heterocycles. The van der Waals surface area contributed by atoms with E-state index in [0.29, 0.717) is 0 Å². The van der Waals surface area contributed by atoms with E-state index < -0.39 is 29.1 Å². The Labute approximate surface area is 113 Å². The van der Waals surface area contributed by atoms with E-state index >= 15 is 0 Å². The molecule has 0 aliphatic rings. The van der Waals surface area contributed by atoms with Crippen molar-refractivity contribution in [1.29, 1.82) is 0 Å². The summed E-state index contributed by atoms with van der Waals surface area (Å²) in [5, 5.41) is 19.5. The van der Waals surface area contributed by atoms with Gasteiger partial charge in [-0.25, -0.2) is 0 Å². The molecule has 1 aromatic carbocycles. The Morgan fingerprint density at radius 2 is 1.55 bits per heavy atom. The highest BCUT2D eigenvalue weighted by atomic mass is 19.4. The molecule has 0 fully saturated rings. The summed E-state index contributed by atoms with van der Waals surface area (Å²) in [6.07, 6.45) is -4.80. The zero-order valence-electron chi connectivity index (χ0n) is 11.2. The third-order valence-corrected chi connectivity index (χ3v) is 3.40. The molecule has 1 aromatic rings. The molecule has 0 aliphatic heterocycles. The van der Waals surface area contributed by atoms with Gasteiger partial charge in [0.05, 0.1) is 5.41 Å². The lowest BCUT2D eigenvalue weighted by Gasteiger charge is -2.37. The Balaban J connectivity index is 3.07. The largest absolute Gasteiger partial charge is 0.573 e. The van der Waals surface area contributed by atoms with Crippen molar-refractivity contribution < 1.29 is 32.9 Å². The minimum atomic E-state index is -4.80. The fraction of sp³-hybridized carbons (Fsp3) is 0.462. The van der Waals surface area contributed by atoms with Crippen LogP contribution in [0.4, 0.5) is 13.2 Å². The minimum absolute atomic E-state index is 0.180. The summed E-state index contributed by atoms with van der Waals surface area (Å²) in [6.45, 7) is 3.95. The van der Waals surface area contributed by atoms with Gasteiger partial charge in [-0.2, -0.15) is 0 Å². The van der Waals surface area contributed by atoms with Gasteiger partial charge >= 0.3 is 12.3 Å². The fourth-order valence-electron chi connectivity index (χ4n) is 1.55. The van der Waals surface area contributed by atoms with Gasteiger partial charge in [0.2, 0.25) is 0 Å². The van der Waals surface area contributed by atoms with Crippen molar-refractivity contribution in [2.75, 3.05) is 0 Å². The van der Waals surface area contributed by atoms with Crippen LogP contribution in [0.5, 0.6) is 5.75 Å². The van der Waals surface area contributed by atoms with Crippen molar-refractivity contribution in [2.45, 2.75) is 32.7 Å². The van der Waals surface area contributed by atoms with E-state index in [0.717, 1.165) is 12.1 Å². The number of benzene rings is 1. The van der Waals surface area contributed by atoms with Crippen LogP contribution in [0.1, 0.15) is 26.3 Å². The molecule has 0 amide bonds. The van der Waals surface area contributed by atoms with Crippen molar-refractivity contribution in [3.05, 3.63) is 29.8 Å². The van der Waals surface area contributed by atoms with E-state index in [2.05, 4.69) is 4.74 Å². The third-order valence-electron chi connectivity index (χ3n) is 3.40. The van der Waals surface area contributed by atoms with E-state index in [1.165, 1.54) is 32.9 Å². The molecule has 0 saturated carbocycles. The number of alkyl halides is 3. The molecular weight excluding hydrogens is 277 g/mol. The van der Waals surface area contributed by atoms with Crippen LogP contribution in [-0.2, 0) is 10.4 Å². The summed E-state index contributed by atoms with van der Waals surface area (Å²) in [7, 11) is 0. The molecular formula is C13H15F3O4. The first kappa shape index (κ1) is 16.3. The zero-order chi connectivity index (χ0) is 15.8. The van der Waals surface area contributed by atoms with E-state index in [-0.39, 0.29) is 5.56 Å². The van der Waals surface area contributed by atoms with E-state index in [1.54, 1.807) is 0 Å². The minimum Gasteiger partial charge on any atom is -0.481 e. The second kappa shape index (κ2) is 4.97. The number of halogens is 3. The molecule has 4 nitrogen and oxygen atoms in total. The smallest absolute Gasteiger partial charge is 0.481 e. The Morgan fingerprint density at radius 3 is 1.90 bits per heavy atom. The first-order valence-corrected chi connectivity index (χ1v) is 5.70. The molecule has 0 saturated heterocycles.